The first-order chi connectivity index (χ1) is 13.7. The van der Waals surface area contributed by atoms with Gasteiger partial charge in [-0.3, -0.25) is 9.78 Å². The summed E-state index contributed by atoms with van der Waals surface area (Å²) in [4.78, 5) is 21.3. The second-order valence-electron chi connectivity index (χ2n) is 6.71. The van der Waals surface area contributed by atoms with Gasteiger partial charge in [0.15, 0.2) is 0 Å². The molecule has 1 amide bonds. The second kappa shape index (κ2) is 8.02. The Labute approximate surface area is 169 Å². The van der Waals surface area contributed by atoms with Crippen LogP contribution in [-0.2, 0) is 6.42 Å². The van der Waals surface area contributed by atoms with Crippen molar-refractivity contribution in [2.75, 3.05) is 31.1 Å². The number of benzene rings is 1. The van der Waals surface area contributed by atoms with Gasteiger partial charge in [-0.05, 0) is 24.6 Å². The first kappa shape index (κ1) is 18.5. The molecule has 1 aliphatic rings. The summed E-state index contributed by atoms with van der Waals surface area (Å²) in [6.45, 7) is 4.83. The summed E-state index contributed by atoms with van der Waals surface area (Å²) in [7, 11) is 0. The molecule has 6 nitrogen and oxygen atoms in total. The van der Waals surface area contributed by atoms with Crippen LogP contribution >= 0.6 is 11.6 Å². The normalized spacial score (nSPS) is 14.4. The molecular weight excluding hydrogens is 374 g/mol. The topological polar surface area (TPSA) is 54.3 Å². The third-order valence-corrected chi connectivity index (χ3v) is 5.38. The zero-order chi connectivity index (χ0) is 19.5. The number of nitrogens with zero attached hydrogens (tertiary/aromatic N) is 5. The van der Waals surface area contributed by atoms with Gasteiger partial charge in [-0.1, -0.05) is 36.7 Å². The lowest BCUT2D eigenvalue weighted by molar-refractivity contribution is 0.0745. The van der Waals surface area contributed by atoms with Crippen LogP contribution < -0.4 is 4.90 Å². The fraction of sp³-hybridized carbons (Fsp3) is 0.286. The lowest BCUT2D eigenvalue weighted by atomic mass is 10.1. The number of rotatable bonds is 4. The van der Waals surface area contributed by atoms with Crippen LogP contribution in [0.4, 0.5) is 5.69 Å². The minimum absolute atomic E-state index is 0.0412. The van der Waals surface area contributed by atoms with Gasteiger partial charge < -0.3 is 9.80 Å². The number of halogens is 1. The van der Waals surface area contributed by atoms with Crippen LogP contribution in [0.1, 0.15) is 23.0 Å². The van der Waals surface area contributed by atoms with Gasteiger partial charge in [0.05, 0.1) is 33.9 Å². The highest BCUT2D eigenvalue weighted by Crippen LogP contribution is 2.26. The molecule has 144 valence electrons. The molecule has 0 N–H and O–H groups in total. The van der Waals surface area contributed by atoms with Gasteiger partial charge in [0.25, 0.3) is 5.91 Å². The van der Waals surface area contributed by atoms with E-state index in [4.69, 9.17) is 11.6 Å². The first-order valence-corrected chi connectivity index (χ1v) is 9.83. The maximum atomic E-state index is 13.2. The average molecular weight is 396 g/mol. The summed E-state index contributed by atoms with van der Waals surface area (Å²) >= 11 is 6.26. The smallest absolute Gasteiger partial charge is 0.257 e. The lowest BCUT2D eigenvalue weighted by Gasteiger charge is -2.36. The van der Waals surface area contributed by atoms with Crippen LogP contribution in [0, 0.1) is 0 Å². The van der Waals surface area contributed by atoms with E-state index in [1.165, 1.54) is 0 Å². The molecule has 1 aromatic carbocycles. The fourth-order valence-corrected chi connectivity index (χ4v) is 3.87. The number of anilines is 1. The Morgan fingerprint density at radius 2 is 1.82 bits per heavy atom. The van der Waals surface area contributed by atoms with Gasteiger partial charge in [-0.15, -0.1) is 0 Å². The Kier molecular flexibility index (Phi) is 5.30. The average Bonchev–Trinajstić information content (AvgIpc) is 3.18. The molecule has 0 unspecified atom stereocenters. The summed E-state index contributed by atoms with van der Waals surface area (Å²) in [5, 5.41) is 5.12. The predicted octanol–water partition coefficient (Wildman–Crippen LogP) is 3.45. The van der Waals surface area contributed by atoms with Gasteiger partial charge in [-0.25, -0.2) is 4.68 Å². The van der Waals surface area contributed by atoms with E-state index in [2.05, 4.69) is 21.9 Å². The summed E-state index contributed by atoms with van der Waals surface area (Å²) in [6.07, 6.45) is 5.83. The van der Waals surface area contributed by atoms with E-state index in [0.717, 1.165) is 36.6 Å². The molecule has 0 aliphatic carbocycles. The Morgan fingerprint density at radius 3 is 2.50 bits per heavy atom. The molecule has 2 aromatic heterocycles. The van der Waals surface area contributed by atoms with Gasteiger partial charge in [0, 0.05) is 38.6 Å². The van der Waals surface area contributed by atoms with Gasteiger partial charge >= 0.3 is 0 Å². The summed E-state index contributed by atoms with van der Waals surface area (Å²) in [5.41, 5.74) is 3.56. The number of carbonyl (C=O) groups excluding carboxylic acids is 1. The summed E-state index contributed by atoms with van der Waals surface area (Å²) in [6, 6.07) is 11.8. The number of hydrogen-bond donors (Lipinski definition) is 0. The Balaban J connectivity index is 1.50. The molecule has 1 aliphatic heterocycles. The van der Waals surface area contributed by atoms with Gasteiger partial charge in [0.2, 0.25) is 0 Å². The van der Waals surface area contributed by atoms with E-state index in [9.17, 15) is 4.79 Å². The maximum absolute atomic E-state index is 13.2. The quantitative estimate of drug-likeness (QED) is 0.679. The molecule has 0 spiro atoms. The molecule has 3 aromatic rings. The molecular formula is C21H22ClN5O. The van der Waals surface area contributed by atoms with Crippen molar-refractivity contribution in [3.8, 4) is 5.69 Å². The monoisotopic (exact) mass is 395 g/mol. The molecule has 28 heavy (non-hydrogen) atoms. The number of piperazine rings is 1. The second-order valence-corrected chi connectivity index (χ2v) is 7.12. The van der Waals surface area contributed by atoms with Crippen molar-refractivity contribution in [2.45, 2.75) is 13.3 Å². The zero-order valence-corrected chi connectivity index (χ0v) is 16.5. The molecule has 0 saturated carbocycles. The van der Waals surface area contributed by atoms with Crippen molar-refractivity contribution in [1.29, 1.82) is 0 Å². The zero-order valence-electron chi connectivity index (χ0n) is 15.8. The minimum atomic E-state index is 0.0412. The Morgan fingerprint density at radius 1 is 1.07 bits per heavy atom. The van der Waals surface area contributed by atoms with Crippen LogP contribution in [-0.4, -0.2) is 51.8 Å². The highest BCUT2D eigenvalue weighted by molar-refractivity contribution is 6.33. The number of carbonyl (C=O) groups is 1. The van der Waals surface area contributed by atoms with Crippen molar-refractivity contribution in [3.63, 3.8) is 0 Å². The van der Waals surface area contributed by atoms with Crippen molar-refractivity contribution in [1.82, 2.24) is 19.7 Å². The number of amides is 1. The molecule has 1 saturated heterocycles. The van der Waals surface area contributed by atoms with E-state index in [1.807, 2.05) is 46.0 Å². The van der Waals surface area contributed by atoms with E-state index in [1.54, 1.807) is 18.6 Å². The lowest BCUT2D eigenvalue weighted by Crippen LogP contribution is -2.49. The van der Waals surface area contributed by atoms with E-state index in [-0.39, 0.29) is 5.91 Å². The molecule has 3 heterocycles. The SMILES string of the molecule is CCc1c(C(=O)N2CCN(c3ccncc3Cl)CC2)cnn1-c1ccccc1. The molecule has 4 rings (SSSR count). The van der Waals surface area contributed by atoms with Crippen molar-refractivity contribution in [2.24, 2.45) is 0 Å². The minimum Gasteiger partial charge on any atom is -0.367 e. The third-order valence-electron chi connectivity index (χ3n) is 5.09. The Bertz CT molecular complexity index is 964. The predicted molar refractivity (Wildman–Crippen MR) is 110 cm³/mol. The molecule has 1 fully saturated rings. The van der Waals surface area contributed by atoms with Crippen LogP contribution in [0.2, 0.25) is 5.02 Å². The summed E-state index contributed by atoms with van der Waals surface area (Å²) < 4.78 is 1.86. The van der Waals surface area contributed by atoms with Crippen molar-refractivity contribution < 1.29 is 4.79 Å². The van der Waals surface area contributed by atoms with Crippen molar-refractivity contribution in [3.05, 3.63) is 71.3 Å². The number of pyridine rings is 1. The summed E-state index contributed by atoms with van der Waals surface area (Å²) in [5.74, 6) is 0.0412. The highest BCUT2D eigenvalue weighted by atomic mass is 35.5. The van der Waals surface area contributed by atoms with Crippen LogP contribution in [0.3, 0.4) is 0 Å². The van der Waals surface area contributed by atoms with Crippen molar-refractivity contribution >= 4 is 23.2 Å². The number of para-hydroxylation sites is 1. The molecule has 0 atom stereocenters. The van der Waals surface area contributed by atoms with Gasteiger partial charge in [-0.2, -0.15) is 5.10 Å². The highest BCUT2D eigenvalue weighted by Gasteiger charge is 2.26. The fourth-order valence-electron chi connectivity index (χ4n) is 3.63. The van der Waals surface area contributed by atoms with Gasteiger partial charge in [0.1, 0.15) is 0 Å². The first-order valence-electron chi connectivity index (χ1n) is 9.45. The Hall–Kier alpha value is -2.86. The standard InChI is InChI=1S/C21H22ClN5O/c1-2-19-17(14-24-27(19)16-6-4-3-5-7-16)21(28)26-12-10-25(11-13-26)20-8-9-23-15-18(20)22/h3-9,14-15H,2,10-13H2,1H3. The van der Waals surface area contributed by atoms with Crippen LogP contribution in [0.15, 0.2) is 55.0 Å². The van der Waals surface area contributed by atoms with Crippen LogP contribution in [0.5, 0.6) is 0 Å². The molecule has 7 heteroatoms. The molecule has 0 radical (unpaired) electrons. The number of aromatic nitrogens is 3. The molecule has 0 bridgehead atoms. The van der Waals surface area contributed by atoms with E-state index < -0.39 is 0 Å². The van der Waals surface area contributed by atoms with E-state index in [0.29, 0.717) is 23.7 Å². The van der Waals surface area contributed by atoms with E-state index >= 15 is 0 Å². The maximum Gasteiger partial charge on any atom is 0.257 e. The van der Waals surface area contributed by atoms with Crippen LogP contribution in [0.25, 0.3) is 5.69 Å². The third kappa shape index (κ3) is 3.47. The largest absolute Gasteiger partial charge is 0.367 e. The number of hydrogen-bond acceptors (Lipinski definition) is 4.